The van der Waals surface area contributed by atoms with Gasteiger partial charge >= 0.3 is 0 Å². The van der Waals surface area contributed by atoms with Crippen molar-refractivity contribution < 1.29 is 5.11 Å². The summed E-state index contributed by atoms with van der Waals surface area (Å²) in [5.74, 6) is 0. The molecular weight excluding hydrogens is 392 g/mol. The lowest BCUT2D eigenvalue weighted by Gasteiger charge is -2.37. The third kappa shape index (κ3) is 5.23. The second-order valence-electron chi connectivity index (χ2n) is 7.86. The van der Waals surface area contributed by atoms with Crippen molar-refractivity contribution in [1.29, 1.82) is 0 Å². The molecule has 4 heteroatoms. The minimum Gasteiger partial charge on any atom is -0.380 e. The van der Waals surface area contributed by atoms with Crippen LogP contribution >= 0.6 is 12.4 Å². The molecule has 1 aliphatic heterocycles. The van der Waals surface area contributed by atoms with Crippen LogP contribution in [0.5, 0.6) is 0 Å². The van der Waals surface area contributed by atoms with Crippen LogP contribution in [0, 0.1) is 0 Å². The Bertz CT molecular complexity index is 826. The second kappa shape index (κ2) is 10.6. The van der Waals surface area contributed by atoms with Gasteiger partial charge in [0.1, 0.15) is 5.60 Å². The monoisotopic (exact) mass is 422 g/mol. The van der Waals surface area contributed by atoms with Crippen molar-refractivity contribution in [1.82, 2.24) is 4.90 Å². The van der Waals surface area contributed by atoms with E-state index >= 15 is 0 Å². The molecule has 0 bridgehead atoms. The highest BCUT2D eigenvalue weighted by atomic mass is 35.5. The molecule has 0 aromatic heterocycles. The Morgan fingerprint density at radius 2 is 1.13 bits per heavy atom. The first-order chi connectivity index (χ1) is 14.3. The molecule has 0 atom stereocenters. The molecule has 0 spiro atoms. The number of hydrogen-bond donors (Lipinski definition) is 1. The van der Waals surface area contributed by atoms with E-state index < -0.39 is 5.60 Å². The smallest absolute Gasteiger partial charge is 0.115 e. The van der Waals surface area contributed by atoms with E-state index in [1.807, 2.05) is 60.7 Å². The molecule has 3 aromatic rings. The fourth-order valence-electron chi connectivity index (χ4n) is 4.31. The van der Waals surface area contributed by atoms with Crippen molar-refractivity contribution >= 4 is 18.1 Å². The zero-order valence-electron chi connectivity index (χ0n) is 17.4. The van der Waals surface area contributed by atoms with Crippen LogP contribution < -0.4 is 4.90 Å². The van der Waals surface area contributed by atoms with Gasteiger partial charge in [0.15, 0.2) is 0 Å². The summed E-state index contributed by atoms with van der Waals surface area (Å²) in [6, 6.07) is 30.8. The zero-order chi connectivity index (χ0) is 19.9. The highest BCUT2D eigenvalue weighted by Crippen LogP contribution is 2.34. The number of piperazine rings is 1. The predicted octanol–water partition coefficient (Wildman–Crippen LogP) is 4.95. The van der Waals surface area contributed by atoms with Gasteiger partial charge < -0.3 is 10.0 Å². The number of hydrogen-bond acceptors (Lipinski definition) is 3. The average Bonchev–Trinajstić information content (AvgIpc) is 2.81. The van der Waals surface area contributed by atoms with Gasteiger partial charge in [-0.15, -0.1) is 12.4 Å². The van der Waals surface area contributed by atoms with Gasteiger partial charge in [-0.25, -0.2) is 0 Å². The van der Waals surface area contributed by atoms with E-state index in [9.17, 15) is 5.11 Å². The minimum absolute atomic E-state index is 0. The van der Waals surface area contributed by atoms with Gasteiger partial charge in [0.25, 0.3) is 0 Å². The Morgan fingerprint density at radius 3 is 1.63 bits per heavy atom. The summed E-state index contributed by atoms with van der Waals surface area (Å²) in [5.41, 5.74) is 2.32. The molecule has 3 aromatic carbocycles. The van der Waals surface area contributed by atoms with E-state index in [0.717, 1.165) is 56.7 Å². The molecule has 1 aliphatic rings. The highest BCUT2D eigenvalue weighted by molar-refractivity contribution is 5.85. The molecule has 4 rings (SSSR count). The first-order valence-corrected chi connectivity index (χ1v) is 10.6. The maximum Gasteiger partial charge on any atom is 0.115 e. The molecule has 0 amide bonds. The lowest BCUT2D eigenvalue weighted by Crippen LogP contribution is -2.46. The third-order valence-corrected chi connectivity index (χ3v) is 6.01. The van der Waals surface area contributed by atoms with Crippen LogP contribution in [-0.2, 0) is 5.60 Å². The molecule has 158 valence electrons. The van der Waals surface area contributed by atoms with Gasteiger partial charge in [-0.3, -0.25) is 4.90 Å². The Labute approximate surface area is 186 Å². The van der Waals surface area contributed by atoms with Crippen molar-refractivity contribution in [3.8, 4) is 0 Å². The van der Waals surface area contributed by atoms with Crippen LogP contribution in [0.3, 0.4) is 0 Å². The van der Waals surface area contributed by atoms with Gasteiger partial charge in [0, 0.05) is 31.9 Å². The van der Waals surface area contributed by atoms with Crippen LogP contribution in [0.1, 0.15) is 24.0 Å². The highest BCUT2D eigenvalue weighted by Gasteiger charge is 2.31. The van der Waals surface area contributed by atoms with Crippen molar-refractivity contribution in [2.75, 3.05) is 37.6 Å². The van der Waals surface area contributed by atoms with Crippen molar-refractivity contribution in [3.63, 3.8) is 0 Å². The van der Waals surface area contributed by atoms with E-state index in [4.69, 9.17) is 0 Å². The standard InChI is InChI=1S/C26H30N2O.ClH/c29-26(23-11-4-1-5-12-23,24-13-6-2-7-14-24)17-10-18-27-19-21-28(22-20-27)25-15-8-3-9-16-25;/h1-9,11-16,29H,10,17-22H2;1H. The summed E-state index contributed by atoms with van der Waals surface area (Å²) in [6.07, 6.45) is 1.69. The third-order valence-electron chi connectivity index (χ3n) is 6.01. The zero-order valence-corrected chi connectivity index (χ0v) is 18.2. The second-order valence-corrected chi connectivity index (χ2v) is 7.86. The number of nitrogens with zero attached hydrogens (tertiary/aromatic N) is 2. The van der Waals surface area contributed by atoms with Gasteiger partial charge in [-0.05, 0) is 42.6 Å². The topological polar surface area (TPSA) is 26.7 Å². The van der Waals surface area contributed by atoms with Gasteiger partial charge in [-0.2, -0.15) is 0 Å². The van der Waals surface area contributed by atoms with Gasteiger partial charge in [-0.1, -0.05) is 78.9 Å². The number of benzene rings is 3. The van der Waals surface area contributed by atoms with Crippen LogP contribution in [0.15, 0.2) is 91.0 Å². The van der Waals surface area contributed by atoms with Crippen LogP contribution in [0.2, 0.25) is 0 Å². The predicted molar refractivity (Wildman–Crippen MR) is 127 cm³/mol. The van der Waals surface area contributed by atoms with Gasteiger partial charge in [0.2, 0.25) is 0 Å². The lowest BCUT2D eigenvalue weighted by atomic mass is 9.82. The molecule has 3 nitrogen and oxygen atoms in total. The molecule has 0 aliphatic carbocycles. The van der Waals surface area contributed by atoms with E-state index in [-0.39, 0.29) is 12.4 Å². The maximum absolute atomic E-state index is 11.6. The summed E-state index contributed by atoms with van der Waals surface area (Å²) in [7, 11) is 0. The van der Waals surface area contributed by atoms with E-state index in [0.29, 0.717) is 0 Å². The van der Waals surface area contributed by atoms with E-state index in [1.165, 1.54) is 5.69 Å². The first-order valence-electron chi connectivity index (χ1n) is 10.6. The summed E-state index contributed by atoms with van der Waals surface area (Å²) >= 11 is 0. The molecule has 0 unspecified atom stereocenters. The number of halogens is 1. The van der Waals surface area contributed by atoms with Crippen molar-refractivity contribution in [2.45, 2.75) is 18.4 Å². The molecular formula is C26H31ClN2O. The van der Waals surface area contributed by atoms with Crippen LogP contribution in [0.4, 0.5) is 5.69 Å². The molecule has 0 radical (unpaired) electrons. The molecule has 30 heavy (non-hydrogen) atoms. The first kappa shape index (κ1) is 22.4. The Balaban J connectivity index is 0.00000256. The molecule has 1 fully saturated rings. The fourth-order valence-corrected chi connectivity index (χ4v) is 4.31. The Hall–Kier alpha value is -2.33. The Morgan fingerprint density at radius 1 is 0.667 bits per heavy atom. The van der Waals surface area contributed by atoms with E-state index in [1.54, 1.807) is 0 Å². The minimum atomic E-state index is -0.936. The number of para-hydroxylation sites is 1. The number of anilines is 1. The molecule has 0 saturated carbocycles. The summed E-state index contributed by atoms with van der Waals surface area (Å²) in [6.45, 7) is 5.29. The molecule has 1 heterocycles. The van der Waals surface area contributed by atoms with Crippen molar-refractivity contribution in [3.05, 3.63) is 102 Å². The fraction of sp³-hybridized carbons (Fsp3) is 0.308. The van der Waals surface area contributed by atoms with Gasteiger partial charge in [0.05, 0.1) is 0 Å². The average molecular weight is 423 g/mol. The molecule has 1 saturated heterocycles. The summed E-state index contributed by atoms with van der Waals surface area (Å²) < 4.78 is 0. The Kier molecular flexibility index (Phi) is 7.92. The number of aliphatic hydroxyl groups is 1. The van der Waals surface area contributed by atoms with Crippen molar-refractivity contribution in [2.24, 2.45) is 0 Å². The van der Waals surface area contributed by atoms with Crippen LogP contribution in [0.25, 0.3) is 0 Å². The quantitative estimate of drug-likeness (QED) is 0.583. The largest absolute Gasteiger partial charge is 0.380 e. The number of rotatable bonds is 7. The van der Waals surface area contributed by atoms with E-state index in [2.05, 4.69) is 40.1 Å². The SMILES string of the molecule is Cl.OC(CCCN1CCN(c2ccccc2)CC1)(c1ccccc1)c1ccccc1. The lowest BCUT2D eigenvalue weighted by molar-refractivity contribution is 0.0645. The summed E-state index contributed by atoms with van der Waals surface area (Å²) in [4.78, 5) is 4.98. The molecule has 1 N–H and O–H groups in total. The summed E-state index contributed by atoms with van der Waals surface area (Å²) in [5, 5.41) is 11.6. The normalized spacial score (nSPS) is 14.9. The maximum atomic E-state index is 11.6. The van der Waals surface area contributed by atoms with Crippen LogP contribution in [-0.4, -0.2) is 42.7 Å².